The van der Waals surface area contributed by atoms with Gasteiger partial charge in [-0.25, -0.2) is 4.68 Å². The largest absolute Gasteiger partial charge is 0.346 e. The summed E-state index contributed by atoms with van der Waals surface area (Å²) in [7, 11) is 0. The van der Waals surface area contributed by atoms with Crippen molar-refractivity contribution in [3.63, 3.8) is 0 Å². The zero-order valence-corrected chi connectivity index (χ0v) is 19.5. The van der Waals surface area contributed by atoms with Crippen LogP contribution in [0.5, 0.6) is 0 Å². The molecule has 0 saturated carbocycles. The molecule has 6 heteroatoms. The van der Waals surface area contributed by atoms with E-state index in [2.05, 4.69) is 89.1 Å². The first-order chi connectivity index (χ1) is 15.0. The molecule has 162 valence electrons. The van der Waals surface area contributed by atoms with E-state index in [1.54, 1.807) is 0 Å². The van der Waals surface area contributed by atoms with Crippen LogP contribution >= 0.6 is 12.2 Å². The van der Waals surface area contributed by atoms with Crippen LogP contribution in [0.3, 0.4) is 0 Å². The van der Waals surface area contributed by atoms with Crippen molar-refractivity contribution in [1.29, 1.82) is 0 Å². The highest BCUT2D eigenvalue weighted by atomic mass is 32.1. The van der Waals surface area contributed by atoms with E-state index < -0.39 is 0 Å². The number of anilines is 1. The van der Waals surface area contributed by atoms with Crippen LogP contribution in [0.15, 0.2) is 54.6 Å². The van der Waals surface area contributed by atoms with E-state index in [4.69, 9.17) is 17.3 Å². The van der Waals surface area contributed by atoms with Gasteiger partial charge in [0.2, 0.25) is 0 Å². The van der Waals surface area contributed by atoms with Crippen LogP contribution in [0.1, 0.15) is 29.4 Å². The van der Waals surface area contributed by atoms with Gasteiger partial charge in [0, 0.05) is 49.7 Å². The number of aromatic nitrogens is 2. The van der Waals surface area contributed by atoms with Crippen molar-refractivity contribution >= 4 is 23.0 Å². The summed E-state index contributed by atoms with van der Waals surface area (Å²) in [6, 6.07) is 18.9. The molecule has 2 aromatic carbocycles. The Morgan fingerprint density at radius 1 is 0.968 bits per heavy atom. The van der Waals surface area contributed by atoms with E-state index in [0.717, 1.165) is 61.3 Å². The molecule has 0 atom stereocenters. The minimum Gasteiger partial charge on any atom is -0.346 e. The number of benzene rings is 2. The Morgan fingerprint density at radius 2 is 1.65 bits per heavy atom. The number of aryl methyl sites for hydroxylation is 2. The monoisotopic (exact) mass is 433 g/mol. The van der Waals surface area contributed by atoms with Crippen LogP contribution in [0, 0.1) is 13.8 Å². The lowest BCUT2D eigenvalue weighted by molar-refractivity contribution is 0.176. The Balaban J connectivity index is 1.34. The lowest BCUT2D eigenvalue weighted by Gasteiger charge is -2.36. The molecule has 2 heterocycles. The predicted octanol–water partition coefficient (Wildman–Crippen LogP) is 4.57. The highest BCUT2D eigenvalue weighted by Crippen LogP contribution is 2.20. The minimum absolute atomic E-state index is 0.813. The summed E-state index contributed by atoms with van der Waals surface area (Å²) in [6.07, 6.45) is 1.05. The summed E-state index contributed by atoms with van der Waals surface area (Å²) in [5, 5.41) is 9.00. The van der Waals surface area contributed by atoms with E-state index >= 15 is 0 Å². The normalized spacial score (nSPS) is 14.6. The van der Waals surface area contributed by atoms with Crippen LogP contribution in [0.2, 0.25) is 0 Å². The van der Waals surface area contributed by atoms with Gasteiger partial charge >= 0.3 is 0 Å². The highest BCUT2D eigenvalue weighted by molar-refractivity contribution is 7.80. The summed E-state index contributed by atoms with van der Waals surface area (Å²) < 4.78 is 2.06. The van der Waals surface area contributed by atoms with E-state index in [0.29, 0.717) is 0 Å². The molecule has 0 radical (unpaired) electrons. The lowest BCUT2D eigenvalue weighted by Crippen LogP contribution is -2.49. The molecule has 0 bridgehead atoms. The van der Waals surface area contributed by atoms with Gasteiger partial charge in [0.15, 0.2) is 5.11 Å². The maximum Gasteiger partial charge on any atom is 0.173 e. The number of hydrogen-bond donors (Lipinski definition) is 1. The fourth-order valence-electron chi connectivity index (χ4n) is 4.08. The predicted molar refractivity (Wildman–Crippen MR) is 132 cm³/mol. The summed E-state index contributed by atoms with van der Waals surface area (Å²) >= 11 is 5.67. The maximum atomic E-state index is 5.67. The molecule has 0 spiro atoms. The van der Waals surface area contributed by atoms with Crippen molar-refractivity contribution in [1.82, 2.24) is 19.6 Å². The minimum atomic E-state index is 0.813. The first kappa shape index (κ1) is 21.5. The molecule has 0 aliphatic carbocycles. The van der Waals surface area contributed by atoms with Gasteiger partial charge in [-0.05, 0) is 62.3 Å². The fraction of sp³-hybridized carbons (Fsp3) is 0.360. The number of thiocarbonyl (C=S) groups is 1. The molecule has 0 amide bonds. The quantitative estimate of drug-likeness (QED) is 0.597. The molecule has 4 rings (SSSR count). The number of nitrogens with zero attached hydrogens (tertiary/aromatic N) is 4. The topological polar surface area (TPSA) is 36.3 Å². The van der Waals surface area contributed by atoms with E-state index in [1.807, 2.05) is 6.07 Å². The van der Waals surface area contributed by atoms with Gasteiger partial charge in [0.05, 0.1) is 11.4 Å². The number of piperazine rings is 1. The average molecular weight is 434 g/mol. The lowest BCUT2D eigenvalue weighted by atomic mass is 10.1. The van der Waals surface area contributed by atoms with Crippen molar-refractivity contribution in [2.75, 3.05) is 31.5 Å². The number of hydrogen-bond acceptors (Lipinski definition) is 3. The Kier molecular flexibility index (Phi) is 6.68. The zero-order valence-electron chi connectivity index (χ0n) is 18.6. The Labute approximate surface area is 190 Å². The van der Waals surface area contributed by atoms with Crippen LogP contribution in [0.4, 0.5) is 5.69 Å². The molecule has 1 fully saturated rings. The van der Waals surface area contributed by atoms with Crippen molar-refractivity contribution in [3.8, 4) is 5.69 Å². The summed E-state index contributed by atoms with van der Waals surface area (Å²) in [5.41, 5.74) is 7.17. The van der Waals surface area contributed by atoms with Gasteiger partial charge in [0.1, 0.15) is 0 Å². The van der Waals surface area contributed by atoms with Crippen molar-refractivity contribution < 1.29 is 0 Å². The smallest absolute Gasteiger partial charge is 0.173 e. The number of para-hydroxylation sites is 1. The second-order valence-corrected chi connectivity index (χ2v) is 8.53. The maximum absolute atomic E-state index is 5.67. The van der Waals surface area contributed by atoms with Crippen molar-refractivity contribution in [3.05, 3.63) is 77.1 Å². The summed E-state index contributed by atoms with van der Waals surface area (Å²) in [4.78, 5) is 4.77. The first-order valence-corrected chi connectivity index (χ1v) is 11.4. The molecule has 1 aromatic heterocycles. The third-order valence-corrected chi connectivity index (χ3v) is 6.46. The standard InChI is InChI=1S/C25H31N5S/c1-4-21-10-12-22(13-11-21)26-25(31)29-16-14-28(15-17-29)18-24-19(2)27-30(20(24)3)23-8-6-5-7-9-23/h5-13H,4,14-18H2,1-3H3,(H,26,31). The Morgan fingerprint density at radius 3 is 2.29 bits per heavy atom. The molecule has 1 aliphatic rings. The summed E-state index contributed by atoms with van der Waals surface area (Å²) in [6.45, 7) is 11.2. The average Bonchev–Trinajstić information content (AvgIpc) is 3.09. The molecule has 31 heavy (non-hydrogen) atoms. The van der Waals surface area contributed by atoms with Crippen molar-refractivity contribution in [2.45, 2.75) is 33.7 Å². The third kappa shape index (κ3) is 4.97. The summed E-state index contributed by atoms with van der Waals surface area (Å²) in [5.74, 6) is 0. The second-order valence-electron chi connectivity index (χ2n) is 8.14. The molecule has 5 nitrogen and oxygen atoms in total. The van der Waals surface area contributed by atoms with Crippen LogP contribution in [0.25, 0.3) is 5.69 Å². The van der Waals surface area contributed by atoms with Gasteiger partial charge in [0.25, 0.3) is 0 Å². The molecule has 3 aromatic rings. The van der Waals surface area contributed by atoms with E-state index in [-0.39, 0.29) is 0 Å². The number of nitrogens with one attached hydrogen (secondary N) is 1. The SMILES string of the molecule is CCc1ccc(NC(=S)N2CCN(Cc3c(C)nn(-c4ccccc4)c3C)CC2)cc1. The van der Waals surface area contributed by atoms with Crippen LogP contribution in [-0.2, 0) is 13.0 Å². The van der Waals surface area contributed by atoms with E-state index in [1.165, 1.54) is 16.8 Å². The van der Waals surface area contributed by atoms with Gasteiger partial charge in [-0.2, -0.15) is 5.10 Å². The molecular weight excluding hydrogens is 402 g/mol. The Bertz CT molecular complexity index is 1020. The highest BCUT2D eigenvalue weighted by Gasteiger charge is 2.22. The molecule has 0 unspecified atom stereocenters. The van der Waals surface area contributed by atoms with Gasteiger partial charge in [-0.15, -0.1) is 0 Å². The van der Waals surface area contributed by atoms with Crippen molar-refractivity contribution in [2.24, 2.45) is 0 Å². The molecule has 1 saturated heterocycles. The number of rotatable bonds is 5. The zero-order chi connectivity index (χ0) is 21.8. The molecule has 1 N–H and O–H groups in total. The molecular formula is C25H31N5S. The second kappa shape index (κ2) is 9.62. The van der Waals surface area contributed by atoms with Gasteiger partial charge < -0.3 is 10.2 Å². The molecule has 1 aliphatic heterocycles. The van der Waals surface area contributed by atoms with Crippen LogP contribution in [-0.4, -0.2) is 50.9 Å². The Hall–Kier alpha value is -2.70. The fourth-order valence-corrected chi connectivity index (χ4v) is 4.38. The van der Waals surface area contributed by atoms with Gasteiger partial charge in [-0.3, -0.25) is 4.90 Å². The van der Waals surface area contributed by atoms with Gasteiger partial charge in [-0.1, -0.05) is 37.3 Å². The van der Waals surface area contributed by atoms with Crippen LogP contribution < -0.4 is 5.32 Å². The first-order valence-electron chi connectivity index (χ1n) is 11.0. The third-order valence-electron chi connectivity index (χ3n) is 6.10. The van der Waals surface area contributed by atoms with E-state index in [9.17, 15) is 0 Å².